The van der Waals surface area contributed by atoms with Crippen molar-refractivity contribution in [2.75, 3.05) is 11.9 Å². The fourth-order valence-corrected chi connectivity index (χ4v) is 2.68. The summed E-state index contributed by atoms with van der Waals surface area (Å²) in [5.74, 6) is -0.645. The first-order valence-electron chi connectivity index (χ1n) is 8.10. The van der Waals surface area contributed by atoms with Crippen LogP contribution in [0.15, 0.2) is 24.3 Å². The van der Waals surface area contributed by atoms with E-state index in [1.165, 1.54) is 19.1 Å². The number of benzene rings is 1. The first kappa shape index (κ1) is 21.7. The predicted octanol–water partition coefficient (Wildman–Crippen LogP) is 4.29. The van der Waals surface area contributed by atoms with Crippen molar-refractivity contribution in [3.8, 4) is 17.0 Å². The minimum absolute atomic E-state index is 0.00416. The monoisotopic (exact) mass is 409 g/mol. The normalized spacial score (nSPS) is 13.4. The summed E-state index contributed by atoms with van der Waals surface area (Å²) < 4.78 is 76.0. The van der Waals surface area contributed by atoms with Gasteiger partial charge in [-0.3, -0.25) is 0 Å². The maximum Gasteiger partial charge on any atom is 0.416 e. The van der Waals surface area contributed by atoms with E-state index in [9.17, 15) is 31.4 Å². The molecule has 1 atom stereocenters. The lowest BCUT2D eigenvalue weighted by atomic mass is 10.0. The quantitative estimate of drug-likeness (QED) is 0.621. The summed E-state index contributed by atoms with van der Waals surface area (Å²) in [5.41, 5.74) is -0.813. The Morgan fingerprint density at radius 1 is 1.07 bits per heavy atom. The van der Waals surface area contributed by atoms with Gasteiger partial charge in [0.2, 0.25) is 0 Å². The van der Waals surface area contributed by atoms with Gasteiger partial charge in [0, 0.05) is 18.2 Å². The summed E-state index contributed by atoms with van der Waals surface area (Å²) in [7, 11) is 0. The molecule has 5 nitrogen and oxygen atoms in total. The minimum atomic E-state index is -4.62. The van der Waals surface area contributed by atoms with Crippen molar-refractivity contribution in [1.29, 1.82) is 0 Å². The van der Waals surface area contributed by atoms with Crippen LogP contribution in [0.1, 0.15) is 24.0 Å². The molecule has 0 aliphatic rings. The van der Waals surface area contributed by atoms with Crippen LogP contribution in [0.25, 0.3) is 11.3 Å². The third-order valence-corrected chi connectivity index (χ3v) is 3.87. The van der Waals surface area contributed by atoms with Gasteiger partial charge in [-0.25, -0.2) is 0 Å². The number of aliphatic hydroxyl groups is 1. The number of aromatic hydroxyl groups is 1. The van der Waals surface area contributed by atoms with Gasteiger partial charge in [-0.2, -0.15) is 26.3 Å². The van der Waals surface area contributed by atoms with Crippen molar-refractivity contribution >= 4 is 5.82 Å². The molecule has 0 saturated carbocycles. The van der Waals surface area contributed by atoms with E-state index in [2.05, 4.69) is 15.5 Å². The van der Waals surface area contributed by atoms with Gasteiger partial charge in [0.15, 0.2) is 0 Å². The van der Waals surface area contributed by atoms with Crippen LogP contribution < -0.4 is 5.32 Å². The van der Waals surface area contributed by atoms with Crippen molar-refractivity contribution in [3.63, 3.8) is 0 Å². The van der Waals surface area contributed by atoms with E-state index in [-0.39, 0.29) is 29.1 Å². The summed E-state index contributed by atoms with van der Waals surface area (Å²) in [6, 6.07) is 2.90. The molecule has 0 bridgehead atoms. The van der Waals surface area contributed by atoms with Crippen molar-refractivity contribution in [1.82, 2.24) is 10.2 Å². The molecule has 0 fully saturated rings. The molecule has 2 aromatic rings. The molecule has 1 heterocycles. The van der Waals surface area contributed by atoms with Crippen molar-refractivity contribution in [2.45, 2.75) is 38.2 Å². The van der Waals surface area contributed by atoms with E-state index >= 15 is 0 Å². The van der Waals surface area contributed by atoms with E-state index in [4.69, 9.17) is 5.11 Å². The summed E-state index contributed by atoms with van der Waals surface area (Å²) in [4.78, 5) is 0. The molecular weight excluding hydrogens is 392 g/mol. The molecule has 3 N–H and O–H groups in total. The number of halogens is 6. The van der Waals surface area contributed by atoms with Gasteiger partial charge in [-0.05, 0) is 43.2 Å². The highest BCUT2D eigenvalue weighted by atomic mass is 19.4. The molecule has 0 amide bonds. The Labute approximate surface area is 156 Å². The number of aromatic nitrogens is 2. The molecule has 1 aromatic carbocycles. The Morgan fingerprint density at radius 2 is 1.75 bits per heavy atom. The molecule has 0 aliphatic carbocycles. The number of rotatable bonds is 6. The molecule has 0 spiro atoms. The smallest absolute Gasteiger partial charge is 0.416 e. The highest BCUT2D eigenvalue weighted by Gasteiger charge is 2.33. The van der Waals surface area contributed by atoms with Gasteiger partial charge in [0.05, 0.1) is 17.7 Å². The fourth-order valence-electron chi connectivity index (χ4n) is 2.68. The number of phenols is 1. The second kappa shape index (κ2) is 8.21. The van der Waals surface area contributed by atoms with Crippen molar-refractivity contribution < 1.29 is 36.6 Å². The highest BCUT2D eigenvalue weighted by molar-refractivity contribution is 5.71. The predicted molar refractivity (Wildman–Crippen MR) is 88.7 cm³/mol. The number of nitrogens with zero attached hydrogens (tertiary/aromatic N) is 2. The van der Waals surface area contributed by atoms with Gasteiger partial charge in [-0.15, -0.1) is 10.2 Å². The van der Waals surface area contributed by atoms with Gasteiger partial charge >= 0.3 is 12.4 Å². The third-order valence-electron chi connectivity index (χ3n) is 3.87. The van der Waals surface area contributed by atoms with Gasteiger partial charge in [-0.1, -0.05) is 0 Å². The zero-order chi connectivity index (χ0) is 21.1. The zero-order valence-electron chi connectivity index (χ0n) is 14.6. The summed E-state index contributed by atoms with van der Waals surface area (Å²) in [6.07, 6.45) is -10.4. The number of phenolic OH excluding ortho intramolecular Hbond substituents is 1. The maximum atomic E-state index is 12.8. The Hall–Kier alpha value is -2.56. The molecule has 0 radical (unpaired) electrons. The van der Waals surface area contributed by atoms with Crippen LogP contribution in [0, 0.1) is 6.92 Å². The number of anilines is 1. The number of aryl methyl sites for hydroxylation is 1. The Balaban J connectivity index is 2.25. The lowest BCUT2D eigenvalue weighted by molar-refractivity contribution is -0.138. The molecule has 11 heteroatoms. The Morgan fingerprint density at radius 3 is 2.21 bits per heavy atom. The van der Waals surface area contributed by atoms with Crippen LogP contribution in [0.5, 0.6) is 5.75 Å². The summed E-state index contributed by atoms with van der Waals surface area (Å²) in [5, 5.41) is 28.9. The van der Waals surface area contributed by atoms with Crippen molar-refractivity contribution in [3.05, 3.63) is 35.4 Å². The summed E-state index contributed by atoms with van der Waals surface area (Å²) >= 11 is 0. The lowest BCUT2D eigenvalue weighted by Gasteiger charge is -2.19. The van der Waals surface area contributed by atoms with Gasteiger partial charge < -0.3 is 15.5 Å². The maximum absolute atomic E-state index is 12.8. The van der Waals surface area contributed by atoms with E-state index < -0.39 is 42.7 Å². The molecule has 28 heavy (non-hydrogen) atoms. The van der Waals surface area contributed by atoms with Crippen LogP contribution in [-0.4, -0.2) is 39.2 Å². The second-order valence-electron chi connectivity index (χ2n) is 6.16. The third kappa shape index (κ3) is 5.72. The molecule has 1 aromatic heterocycles. The molecule has 154 valence electrons. The topological polar surface area (TPSA) is 78.3 Å². The van der Waals surface area contributed by atoms with Crippen molar-refractivity contribution in [2.24, 2.45) is 0 Å². The highest BCUT2D eigenvalue weighted by Crippen LogP contribution is 2.38. The van der Waals surface area contributed by atoms with E-state index in [1.807, 2.05) is 0 Å². The zero-order valence-corrected chi connectivity index (χ0v) is 14.6. The van der Waals surface area contributed by atoms with E-state index in [0.29, 0.717) is 6.07 Å². The molecule has 0 saturated heterocycles. The first-order chi connectivity index (χ1) is 12.9. The van der Waals surface area contributed by atoms with Crippen LogP contribution in [0.2, 0.25) is 0 Å². The fraction of sp³-hybridized carbons (Fsp3) is 0.412. The number of hydrogen-bond donors (Lipinski definition) is 3. The number of aliphatic hydroxyl groups excluding tert-OH is 1. The van der Waals surface area contributed by atoms with Gasteiger partial charge in [0.1, 0.15) is 11.6 Å². The molecule has 2 rings (SSSR count). The lowest BCUT2D eigenvalue weighted by Crippen LogP contribution is -2.28. The average Bonchev–Trinajstić information content (AvgIpc) is 2.53. The molecular formula is C17H17F6N3O2. The van der Waals surface area contributed by atoms with Crippen LogP contribution in [0.3, 0.4) is 0 Å². The van der Waals surface area contributed by atoms with E-state index in [1.54, 1.807) is 0 Å². The molecule has 0 aliphatic heterocycles. The average molecular weight is 409 g/mol. The van der Waals surface area contributed by atoms with Gasteiger partial charge in [0.25, 0.3) is 0 Å². The number of alkyl halides is 6. The SMILES string of the molecule is Cc1cc(C(F)(F)F)cc(O)c1-c1ccc(N[C@H](CCO)CC(F)(F)F)nn1. The van der Waals surface area contributed by atoms with Crippen LogP contribution in [0.4, 0.5) is 32.2 Å². The standard InChI is InChI=1S/C17H17F6N3O2/c1-9-6-10(17(21,22)23)7-13(28)15(9)12-2-3-14(26-25-12)24-11(4-5-27)8-16(18,19)20/h2-3,6-7,11,27-28H,4-5,8H2,1H3,(H,24,26)/t11-/m1/s1. The Bertz CT molecular complexity index is 783. The Kier molecular flexibility index (Phi) is 6.37. The molecule has 0 unspecified atom stereocenters. The largest absolute Gasteiger partial charge is 0.507 e. The van der Waals surface area contributed by atoms with Crippen LogP contribution in [-0.2, 0) is 6.18 Å². The number of nitrogens with one attached hydrogen (secondary N) is 1. The van der Waals surface area contributed by atoms with Crippen LogP contribution >= 0.6 is 0 Å². The number of hydrogen-bond acceptors (Lipinski definition) is 5. The van der Waals surface area contributed by atoms with E-state index in [0.717, 1.165) is 6.07 Å². The second-order valence-corrected chi connectivity index (χ2v) is 6.16. The summed E-state index contributed by atoms with van der Waals surface area (Å²) in [6.45, 7) is 0.899. The first-order valence-corrected chi connectivity index (χ1v) is 8.10. The minimum Gasteiger partial charge on any atom is -0.507 e.